The van der Waals surface area contributed by atoms with Crippen LogP contribution in [-0.4, -0.2) is 205 Å². The van der Waals surface area contributed by atoms with E-state index in [9.17, 15) is 61.3 Å². The van der Waals surface area contributed by atoms with Gasteiger partial charge in [-0.3, -0.25) is 0 Å². The zero-order valence-electron chi connectivity index (χ0n) is 22.2. The van der Waals surface area contributed by atoms with Crippen molar-refractivity contribution in [3.8, 4) is 0 Å². The van der Waals surface area contributed by atoms with Crippen LogP contribution in [0.1, 0.15) is 0 Å². The van der Waals surface area contributed by atoms with Gasteiger partial charge in [-0.1, -0.05) is 0 Å². The quantitative estimate of drug-likeness (QED) is 0.108. The SMILES string of the molecule is OC[C@H]1NC[C@@H](O)[C@@H]1O[C@H]1O[C@H](CO)[C@H](O[C@@H]2O[C@H](CO)[C@@H](O[C@@H]3O[C@H](CO)[C@@H](O)[C@H](O)[C@H]3O)[C@H](O)[C@H]2O)[C@H](O)[C@H]1O. The van der Waals surface area contributed by atoms with Crippen LogP contribution >= 0.6 is 0 Å². The van der Waals surface area contributed by atoms with E-state index in [0.29, 0.717) is 0 Å². The van der Waals surface area contributed by atoms with E-state index < -0.39 is 137 Å². The van der Waals surface area contributed by atoms with E-state index in [-0.39, 0.29) is 6.54 Å². The normalized spacial score (nSPS) is 52.0. The molecule has 4 fully saturated rings. The molecule has 19 nitrogen and oxygen atoms in total. The first-order valence-corrected chi connectivity index (χ1v) is 13.5. The molecule has 0 bridgehead atoms. The van der Waals surface area contributed by atoms with Crippen molar-refractivity contribution in [1.82, 2.24) is 5.32 Å². The molecule has 0 aromatic heterocycles. The minimum Gasteiger partial charge on any atom is -0.395 e. The van der Waals surface area contributed by atoms with Crippen molar-refractivity contribution >= 4 is 0 Å². The van der Waals surface area contributed by atoms with Crippen LogP contribution in [0.25, 0.3) is 0 Å². The molecule has 4 aliphatic heterocycles. The van der Waals surface area contributed by atoms with Crippen molar-refractivity contribution in [2.45, 2.75) is 110 Å². The van der Waals surface area contributed by atoms with Crippen LogP contribution in [0.2, 0.25) is 0 Å². The van der Waals surface area contributed by atoms with Gasteiger partial charge >= 0.3 is 0 Å². The predicted octanol–water partition coefficient (Wildman–Crippen LogP) is -8.86. The molecule has 19 heteroatoms. The van der Waals surface area contributed by atoms with Crippen molar-refractivity contribution in [2.24, 2.45) is 0 Å². The van der Waals surface area contributed by atoms with Gasteiger partial charge in [0, 0.05) is 6.54 Å². The zero-order valence-corrected chi connectivity index (χ0v) is 22.2. The van der Waals surface area contributed by atoms with Crippen LogP contribution in [0.5, 0.6) is 0 Å². The summed E-state index contributed by atoms with van der Waals surface area (Å²) in [5, 5.41) is 125. The van der Waals surface area contributed by atoms with Gasteiger partial charge in [-0.05, 0) is 0 Å². The molecule has 246 valence electrons. The fourth-order valence-electron chi connectivity index (χ4n) is 5.44. The minimum atomic E-state index is -1.95. The van der Waals surface area contributed by atoms with E-state index in [1.807, 2.05) is 0 Å². The summed E-state index contributed by atoms with van der Waals surface area (Å²) >= 11 is 0. The highest BCUT2D eigenvalue weighted by Crippen LogP contribution is 2.33. The van der Waals surface area contributed by atoms with Crippen molar-refractivity contribution in [3.05, 3.63) is 0 Å². The van der Waals surface area contributed by atoms with Crippen LogP contribution in [0, 0.1) is 0 Å². The molecule has 18 atom stereocenters. The molecule has 0 radical (unpaired) electrons. The van der Waals surface area contributed by atoms with Gasteiger partial charge in [-0.25, -0.2) is 0 Å². The van der Waals surface area contributed by atoms with E-state index in [1.54, 1.807) is 0 Å². The highest BCUT2D eigenvalue weighted by molar-refractivity contribution is 4.98. The molecular formula is C23H41NO18. The van der Waals surface area contributed by atoms with Gasteiger partial charge in [0.1, 0.15) is 79.4 Å². The Hall–Kier alpha value is -0.760. The van der Waals surface area contributed by atoms with E-state index in [1.165, 1.54) is 0 Å². The van der Waals surface area contributed by atoms with Crippen LogP contribution in [0.15, 0.2) is 0 Å². The molecule has 0 amide bonds. The Morgan fingerprint density at radius 1 is 0.476 bits per heavy atom. The number of rotatable bonds is 10. The Morgan fingerprint density at radius 2 is 0.881 bits per heavy atom. The second-order valence-electron chi connectivity index (χ2n) is 10.7. The standard InChI is InChI=1S/C23H41NO18/c25-2-6-18(7(29)1-24-6)40-22-16(35)13(32)20(9(4-27)38-22)42-23-17(36)14(33)19(10(5-28)39-23)41-21-15(34)12(31)11(30)8(3-26)37-21/h6-36H,1-5H2/t6-,7-,8-,9-,10-,11-,12+,13-,14-,15-,16-,17-,18-,19-,20+,21+,22-,23+/m1/s1. The first kappa shape index (κ1) is 34.1. The first-order chi connectivity index (χ1) is 20.0. The molecule has 0 aromatic carbocycles. The van der Waals surface area contributed by atoms with E-state index in [2.05, 4.69) is 5.32 Å². The average molecular weight is 620 g/mol. The lowest BCUT2D eigenvalue weighted by Crippen LogP contribution is -2.67. The summed E-state index contributed by atoms with van der Waals surface area (Å²) < 4.78 is 33.0. The molecule has 4 rings (SSSR count). The monoisotopic (exact) mass is 619 g/mol. The third-order valence-electron chi connectivity index (χ3n) is 7.93. The smallest absolute Gasteiger partial charge is 0.187 e. The maximum Gasteiger partial charge on any atom is 0.187 e. The van der Waals surface area contributed by atoms with E-state index in [4.69, 9.17) is 28.4 Å². The molecule has 4 saturated heterocycles. The third kappa shape index (κ3) is 6.74. The largest absolute Gasteiger partial charge is 0.395 e. The highest BCUT2D eigenvalue weighted by atomic mass is 16.8. The van der Waals surface area contributed by atoms with Gasteiger partial charge in [0.25, 0.3) is 0 Å². The van der Waals surface area contributed by atoms with Crippen molar-refractivity contribution < 1.29 is 89.7 Å². The second kappa shape index (κ2) is 14.6. The van der Waals surface area contributed by atoms with E-state index in [0.717, 1.165) is 0 Å². The Balaban J connectivity index is 1.42. The average Bonchev–Trinajstić information content (AvgIpc) is 3.34. The number of hydrogen-bond donors (Lipinski definition) is 13. The number of aliphatic hydroxyl groups is 12. The number of ether oxygens (including phenoxy) is 6. The van der Waals surface area contributed by atoms with Gasteiger partial charge in [0.2, 0.25) is 0 Å². The fourth-order valence-corrected chi connectivity index (χ4v) is 5.44. The summed E-state index contributed by atoms with van der Waals surface area (Å²) in [6, 6.07) is -0.699. The minimum absolute atomic E-state index is 0.0861. The number of hydrogen-bond acceptors (Lipinski definition) is 19. The van der Waals surface area contributed by atoms with Crippen LogP contribution in [0.4, 0.5) is 0 Å². The van der Waals surface area contributed by atoms with Crippen molar-refractivity contribution in [3.63, 3.8) is 0 Å². The maximum atomic E-state index is 10.8. The highest BCUT2D eigenvalue weighted by Gasteiger charge is 2.54. The molecule has 0 unspecified atom stereocenters. The summed E-state index contributed by atoms with van der Waals surface area (Å²) in [4.78, 5) is 0. The van der Waals surface area contributed by atoms with E-state index >= 15 is 0 Å². The summed E-state index contributed by atoms with van der Waals surface area (Å²) in [6.07, 6.45) is -27.4. The number of β-amino-alcohol motifs (C(OH)–C–C–N with tert-alkyl or cyclic N) is 1. The molecule has 0 aromatic rings. The Kier molecular flexibility index (Phi) is 11.8. The number of aliphatic hydroxyl groups excluding tert-OH is 12. The van der Waals surface area contributed by atoms with Gasteiger partial charge in [0.15, 0.2) is 18.9 Å². The molecular weight excluding hydrogens is 578 g/mol. The molecule has 42 heavy (non-hydrogen) atoms. The van der Waals surface area contributed by atoms with Gasteiger partial charge in [-0.2, -0.15) is 0 Å². The number of nitrogens with one attached hydrogen (secondary N) is 1. The maximum absolute atomic E-state index is 10.8. The lowest BCUT2D eigenvalue weighted by Gasteiger charge is -2.48. The Labute approximate surface area is 239 Å². The topological polar surface area (TPSA) is 310 Å². The first-order valence-electron chi connectivity index (χ1n) is 13.5. The summed E-state index contributed by atoms with van der Waals surface area (Å²) in [7, 11) is 0. The Bertz CT molecular complexity index is 839. The summed E-state index contributed by atoms with van der Waals surface area (Å²) in [6.45, 7) is -2.72. The van der Waals surface area contributed by atoms with Gasteiger partial charge in [0.05, 0.1) is 38.6 Å². The molecule has 0 saturated carbocycles. The van der Waals surface area contributed by atoms with Crippen LogP contribution < -0.4 is 5.32 Å². The zero-order chi connectivity index (χ0) is 30.9. The lowest BCUT2D eigenvalue weighted by atomic mass is 9.96. The van der Waals surface area contributed by atoms with Crippen LogP contribution in [0.3, 0.4) is 0 Å². The molecule has 4 heterocycles. The molecule has 13 N–H and O–H groups in total. The summed E-state index contributed by atoms with van der Waals surface area (Å²) in [5.74, 6) is 0. The van der Waals surface area contributed by atoms with Crippen molar-refractivity contribution in [1.29, 1.82) is 0 Å². The lowest BCUT2D eigenvalue weighted by molar-refractivity contribution is -0.381. The predicted molar refractivity (Wildman–Crippen MR) is 129 cm³/mol. The Morgan fingerprint density at radius 3 is 1.31 bits per heavy atom. The van der Waals surface area contributed by atoms with Gasteiger partial charge in [-0.15, -0.1) is 0 Å². The van der Waals surface area contributed by atoms with Crippen LogP contribution in [-0.2, 0) is 28.4 Å². The molecule has 0 aliphatic carbocycles. The fraction of sp³-hybridized carbons (Fsp3) is 1.00. The molecule has 0 spiro atoms. The van der Waals surface area contributed by atoms with Gasteiger partial charge < -0.3 is 95.0 Å². The summed E-state index contributed by atoms with van der Waals surface area (Å²) in [5.41, 5.74) is 0. The second-order valence-corrected chi connectivity index (χ2v) is 10.7. The van der Waals surface area contributed by atoms with Crippen molar-refractivity contribution in [2.75, 3.05) is 33.0 Å². The molecule has 4 aliphatic rings. The third-order valence-corrected chi connectivity index (χ3v) is 7.93.